The SMILES string of the molecule is CC1(C)CCCC(NC(=O)C2(C(N)=NO)CCCCC2)C1. The first kappa shape index (κ1) is 16.1. The molecule has 2 aliphatic carbocycles. The Balaban J connectivity index is 2.08. The molecule has 0 aromatic carbocycles. The highest BCUT2D eigenvalue weighted by Gasteiger charge is 2.45. The number of nitrogens with zero attached hydrogens (tertiary/aromatic N) is 1. The molecule has 0 aliphatic heterocycles. The molecule has 0 spiro atoms. The molecular weight excluding hydrogens is 266 g/mol. The van der Waals surface area contributed by atoms with Crippen molar-refractivity contribution in [3.8, 4) is 0 Å². The van der Waals surface area contributed by atoms with Crippen LogP contribution in [0.2, 0.25) is 0 Å². The van der Waals surface area contributed by atoms with Crippen molar-refractivity contribution in [3.05, 3.63) is 0 Å². The zero-order chi connectivity index (χ0) is 15.5. The van der Waals surface area contributed by atoms with E-state index in [-0.39, 0.29) is 23.2 Å². The standard InChI is InChI=1S/C16H29N3O2/c1-15(2)8-6-7-12(11-15)18-14(20)16(13(17)19-21)9-4-3-5-10-16/h12,21H,3-11H2,1-2H3,(H2,17,19)(H,18,20). The molecule has 5 nitrogen and oxygen atoms in total. The summed E-state index contributed by atoms with van der Waals surface area (Å²) in [5, 5.41) is 15.4. The van der Waals surface area contributed by atoms with Gasteiger partial charge in [0, 0.05) is 6.04 Å². The number of carbonyl (C=O) groups excluding carboxylic acids is 1. The number of nitrogens with two attached hydrogens (primary N) is 1. The zero-order valence-electron chi connectivity index (χ0n) is 13.3. The first-order chi connectivity index (χ1) is 9.89. The largest absolute Gasteiger partial charge is 0.409 e. The van der Waals surface area contributed by atoms with Crippen LogP contribution < -0.4 is 11.1 Å². The van der Waals surface area contributed by atoms with Gasteiger partial charge in [0.25, 0.3) is 0 Å². The summed E-state index contributed by atoms with van der Waals surface area (Å²) in [6.45, 7) is 4.51. The molecule has 5 heteroatoms. The Bertz CT molecular complexity index is 412. The molecule has 0 aromatic heterocycles. The molecule has 2 rings (SSSR count). The highest BCUT2D eigenvalue weighted by molar-refractivity contribution is 6.06. The summed E-state index contributed by atoms with van der Waals surface area (Å²) in [7, 11) is 0. The van der Waals surface area contributed by atoms with E-state index in [0.717, 1.165) is 38.5 Å². The maximum Gasteiger partial charge on any atom is 0.234 e. The van der Waals surface area contributed by atoms with Gasteiger partial charge in [0.05, 0.1) is 0 Å². The van der Waals surface area contributed by atoms with E-state index >= 15 is 0 Å². The molecule has 0 radical (unpaired) electrons. The van der Waals surface area contributed by atoms with Crippen LogP contribution in [-0.4, -0.2) is 23.0 Å². The van der Waals surface area contributed by atoms with Crippen LogP contribution in [0.3, 0.4) is 0 Å². The van der Waals surface area contributed by atoms with Crippen LogP contribution in [0.4, 0.5) is 0 Å². The molecule has 2 fully saturated rings. The molecule has 0 heterocycles. The number of nitrogens with one attached hydrogen (secondary N) is 1. The minimum Gasteiger partial charge on any atom is -0.409 e. The molecule has 1 unspecified atom stereocenters. The van der Waals surface area contributed by atoms with E-state index in [0.29, 0.717) is 12.8 Å². The van der Waals surface area contributed by atoms with Crippen LogP contribution in [-0.2, 0) is 4.79 Å². The summed E-state index contributed by atoms with van der Waals surface area (Å²) in [5.41, 5.74) is 5.37. The van der Waals surface area contributed by atoms with Gasteiger partial charge in [-0.05, 0) is 37.5 Å². The number of amides is 1. The topological polar surface area (TPSA) is 87.7 Å². The fourth-order valence-corrected chi connectivity index (χ4v) is 4.00. The lowest BCUT2D eigenvalue weighted by Crippen LogP contribution is -2.54. The van der Waals surface area contributed by atoms with Crippen LogP contribution in [0, 0.1) is 10.8 Å². The van der Waals surface area contributed by atoms with Gasteiger partial charge in [0.1, 0.15) is 5.41 Å². The summed E-state index contributed by atoms with van der Waals surface area (Å²) in [6.07, 6.45) is 8.80. The molecule has 120 valence electrons. The molecule has 0 aromatic rings. The molecule has 21 heavy (non-hydrogen) atoms. The highest BCUT2D eigenvalue weighted by atomic mass is 16.4. The van der Waals surface area contributed by atoms with E-state index in [1.54, 1.807) is 0 Å². The van der Waals surface area contributed by atoms with Crippen LogP contribution in [0.15, 0.2) is 5.16 Å². The lowest BCUT2D eigenvalue weighted by molar-refractivity contribution is -0.130. The minimum atomic E-state index is -0.797. The first-order valence-electron chi connectivity index (χ1n) is 8.19. The van der Waals surface area contributed by atoms with Crippen molar-refractivity contribution in [3.63, 3.8) is 0 Å². The third kappa shape index (κ3) is 3.50. The Morgan fingerprint density at radius 3 is 2.43 bits per heavy atom. The minimum absolute atomic E-state index is 0.0415. The predicted octanol–water partition coefficient (Wildman–Crippen LogP) is 2.77. The molecule has 0 bridgehead atoms. The van der Waals surface area contributed by atoms with Crippen molar-refractivity contribution in [2.24, 2.45) is 21.7 Å². The first-order valence-corrected chi connectivity index (χ1v) is 8.19. The Labute approximate surface area is 127 Å². The van der Waals surface area contributed by atoms with Gasteiger partial charge in [-0.2, -0.15) is 0 Å². The number of rotatable bonds is 3. The highest BCUT2D eigenvalue weighted by Crippen LogP contribution is 2.39. The molecule has 1 amide bonds. The van der Waals surface area contributed by atoms with Crippen LogP contribution >= 0.6 is 0 Å². The zero-order valence-corrected chi connectivity index (χ0v) is 13.3. The van der Waals surface area contributed by atoms with E-state index in [1.807, 2.05) is 0 Å². The number of carbonyl (C=O) groups is 1. The Morgan fingerprint density at radius 2 is 1.86 bits per heavy atom. The van der Waals surface area contributed by atoms with Crippen LogP contribution in [0.5, 0.6) is 0 Å². The van der Waals surface area contributed by atoms with Gasteiger partial charge in [-0.15, -0.1) is 0 Å². The van der Waals surface area contributed by atoms with Crippen molar-refractivity contribution < 1.29 is 10.0 Å². The molecule has 4 N–H and O–H groups in total. The van der Waals surface area contributed by atoms with Crippen molar-refractivity contribution in [1.82, 2.24) is 5.32 Å². The number of hydrogen-bond acceptors (Lipinski definition) is 3. The summed E-state index contributed by atoms with van der Waals surface area (Å²) >= 11 is 0. The quantitative estimate of drug-likeness (QED) is 0.324. The summed E-state index contributed by atoms with van der Waals surface area (Å²) in [6, 6.07) is 0.214. The lowest BCUT2D eigenvalue weighted by atomic mass is 9.71. The van der Waals surface area contributed by atoms with Gasteiger partial charge < -0.3 is 16.3 Å². The third-order valence-electron chi connectivity index (χ3n) is 5.28. The molecular formula is C16H29N3O2. The fourth-order valence-electron chi connectivity index (χ4n) is 4.00. The van der Waals surface area contributed by atoms with E-state index in [4.69, 9.17) is 10.9 Å². The fraction of sp³-hybridized carbons (Fsp3) is 0.875. The lowest BCUT2D eigenvalue weighted by Gasteiger charge is -2.39. The van der Waals surface area contributed by atoms with E-state index in [9.17, 15) is 4.79 Å². The summed E-state index contributed by atoms with van der Waals surface area (Å²) < 4.78 is 0. The second kappa shape index (κ2) is 6.24. The second-order valence-corrected chi connectivity index (χ2v) is 7.56. The monoisotopic (exact) mass is 295 g/mol. The molecule has 0 saturated heterocycles. The van der Waals surface area contributed by atoms with Crippen molar-refractivity contribution >= 4 is 11.7 Å². The van der Waals surface area contributed by atoms with Gasteiger partial charge in [-0.3, -0.25) is 4.79 Å². The normalized spacial score (nSPS) is 28.9. The Kier molecular flexibility index (Phi) is 4.79. The Hall–Kier alpha value is -1.26. The average molecular weight is 295 g/mol. The number of oxime groups is 1. The third-order valence-corrected chi connectivity index (χ3v) is 5.28. The molecule has 2 saturated carbocycles. The number of hydrogen-bond donors (Lipinski definition) is 3. The van der Waals surface area contributed by atoms with Crippen LogP contribution in [0.1, 0.15) is 71.6 Å². The van der Waals surface area contributed by atoms with E-state index < -0.39 is 5.41 Å². The number of amidine groups is 1. The van der Waals surface area contributed by atoms with Crippen molar-refractivity contribution in [2.75, 3.05) is 0 Å². The predicted molar refractivity (Wildman–Crippen MR) is 83.1 cm³/mol. The van der Waals surface area contributed by atoms with Gasteiger partial charge in [0.2, 0.25) is 5.91 Å². The van der Waals surface area contributed by atoms with Gasteiger partial charge >= 0.3 is 0 Å². The maximum absolute atomic E-state index is 12.8. The average Bonchev–Trinajstić information content (AvgIpc) is 2.46. The van der Waals surface area contributed by atoms with Gasteiger partial charge in [-0.25, -0.2) is 0 Å². The summed E-state index contributed by atoms with van der Waals surface area (Å²) in [5.74, 6) is 0.0370. The van der Waals surface area contributed by atoms with Crippen molar-refractivity contribution in [2.45, 2.75) is 77.7 Å². The molecule has 2 aliphatic rings. The van der Waals surface area contributed by atoms with Crippen LogP contribution in [0.25, 0.3) is 0 Å². The molecule has 1 atom stereocenters. The smallest absolute Gasteiger partial charge is 0.234 e. The van der Waals surface area contributed by atoms with Crippen molar-refractivity contribution in [1.29, 1.82) is 0 Å². The second-order valence-electron chi connectivity index (χ2n) is 7.56. The van der Waals surface area contributed by atoms with E-state index in [2.05, 4.69) is 24.3 Å². The Morgan fingerprint density at radius 1 is 1.19 bits per heavy atom. The van der Waals surface area contributed by atoms with Gasteiger partial charge in [0.15, 0.2) is 5.84 Å². The maximum atomic E-state index is 12.8. The van der Waals surface area contributed by atoms with E-state index in [1.165, 1.54) is 6.42 Å². The van der Waals surface area contributed by atoms with Gasteiger partial charge in [-0.1, -0.05) is 44.7 Å². The summed E-state index contributed by atoms with van der Waals surface area (Å²) in [4.78, 5) is 12.8.